The average molecular weight is 627 g/mol. The smallest absolute Gasteiger partial charge is 0.488 e. The quantitative estimate of drug-likeness (QED) is 0.134. The lowest BCUT2D eigenvalue weighted by Crippen LogP contribution is -2.30. The van der Waals surface area contributed by atoms with Gasteiger partial charge in [-0.2, -0.15) is 18.7 Å². The van der Waals surface area contributed by atoms with Crippen molar-refractivity contribution in [2.45, 2.75) is 6.55 Å². The van der Waals surface area contributed by atoms with E-state index in [-0.39, 0.29) is 32.9 Å². The zero-order chi connectivity index (χ0) is 27.7. The number of carbonyl (C=O) groups is 1. The highest BCUT2D eigenvalue weighted by atomic mass is 79.9. The van der Waals surface area contributed by atoms with Crippen LogP contribution in [0.15, 0.2) is 53.9 Å². The number of hydrogen-bond donors (Lipinski definition) is 3. The Labute approximate surface area is 223 Å². The van der Waals surface area contributed by atoms with Gasteiger partial charge in [-0.15, -0.1) is 0 Å². The minimum Gasteiger partial charge on any atom is -0.491 e. The van der Waals surface area contributed by atoms with E-state index in [9.17, 15) is 31.1 Å². The first-order valence-electron chi connectivity index (χ1n) is 9.77. The molecule has 0 radical (unpaired) electrons. The summed E-state index contributed by atoms with van der Waals surface area (Å²) in [4.78, 5) is 20.5. The number of aromatic nitrogens is 4. The summed E-state index contributed by atoms with van der Waals surface area (Å²) >= 11 is 3.16. The number of benzene rings is 2. The third kappa shape index (κ3) is 8.98. The number of aromatic amines is 1. The molecular formula is C21H19BBrF6N4O4P. The first kappa shape index (κ1) is 32.8. The van der Waals surface area contributed by atoms with Crippen molar-refractivity contribution < 1.29 is 45.9 Å². The molecule has 38 heavy (non-hydrogen) atoms. The number of halogens is 7. The van der Waals surface area contributed by atoms with Gasteiger partial charge < -0.3 is 19.8 Å². The van der Waals surface area contributed by atoms with Crippen molar-refractivity contribution in [2.75, 3.05) is 7.11 Å². The Morgan fingerprint density at radius 1 is 1.08 bits per heavy atom. The Morgan fingerprint density at radius 3 is 2.00 bits per heavy atom. The molecule has 0 aliphatic heterocycles. The summed E-state index contributed by atoms with van der Waals surface area (Å²) in [5.41, 5.74) is -0.983. The molecule has 0 saturated heterocycles. The van der Waals surface area contributed by atoms with Crippen molar-refractivity contribution in [3.05, 3.63) is 82.7 Å². The number of alkyl halides is 2. The fraction of sp³-hybridized carbons (Fsp3) is 0.0952. The van der Waals surface area contributed by atoms with Crippen molar-refractivity contribution in [2.24, 2.45) is 0 Å². The largest absolute Gasteiger partial charge is 0.491 e. The zero-order valence-electron chi connectivity index (χ0n) is 19.3. The van der Waals surface area contributed by atoms with Crippen LogP contribution in [-0.4, -0.2) is 50.1 Å². The lowest BCUT2D eigenvalue weighted by atomic mass is 9.80. The van der Waals surface area contributed by atoms with Crippen LogP contribution >= 0.6 is 25.8 Å². The average Bonchev–Trinajstić information content (AvgIpc) is 3.51. The molecular weight excluding hydrogens is 608 g/mol. The number of aldehydes is 1. The van der Waals surface area contributed by atoms with E-state index in [2.05, 4.69) is 35.6 Å². The molecule has 2 aromatic heterocycles. The summed E-state index contributed by atoms with van der Waals surface area (Å²) in [7, 11) is -0.772. The molecule has 2 aromatic carbocycles. The number of nitrogens with one attached hydrogen (secondary N) is 1. The van der Waals surface area contributed by atoms with Gasteiger partial charge in [-0.3, -0.25) is 9.36 Å². The molecule has 3 N–H and O–H groups in total. The Bertz CT molecular complexity index is 1290. The van der Waals surface area contributed by atoms with E-state index in [0.717, 1.165) is 48.5 Å². The first-order valence-corrected chi connectivity index (χ1v) is 10.6. The molecule has 8 nitrogen and oxygen atoms in total. The highest BCUT2D eigenvalue weighted by molar-refractivity contribution is 9.10. The predicted molar refractivity (Wildman–Crippen MR) is 134 cm³/mol. The van der Waals surface area contributed by atoms with E-state index >= 15 is 0 Å². The highest BCUT2D eigenvalue weighted by Gasteiger charge is 2.18. The molecule has 2 heterocycles. The third-order valence-electron chi connectivity index (χ3n) is 4.31. The number of carbonyl (C=O) groups excluding carboxylic acids is 1. The van der Waals surface area contributed by atoms with Gasteiger partial charge >= 0.3 is 13.7 Å². The van der Waals surface area contributed by atoms with Crippen LogP contribution in [-0.2, 0) is 0 Å². The van der Waals surface area contributed by atoms with Crippen molar-refractivity contribution in [1.29, 1.82) is 0 Å². The fourth-order valence-electron chi connectivity index (χ4n) is 2.60. The second-order valence-electron chi connectivity index (χ2n) is 6.75. The molecule has 4 rings (SSSR count). The van der Waals surface area contributed by atoms with Crippen molar-refractivity contribution >= 4 is 44.7 Å². The molecule has 0 fully saturated rings. The Hall–Kier alpha value is -3.20. The number of ether oxygens (including phenoxy) is 1. The topological polar surface area (TPSA) is 113 Å². The maximum atomic E-state index is 13.3. The molecule has 0 aliphatic carbocycles. The molecule has 0 bridgehead atoms. The Morgan fingerprint density at radius 2 is 1.66 bits per heavy atom. The molecule has 1 atom stereocenters. The van der Waals surface area contributed by atoms with E-state index in [0.29, 0.717) is 4.57 Å². The van der Waals surface area contributed by atoms with E-state index in [1.54, 1.807) is 12.5 Å². The molecule has 0 aliphatic rings. The number of hydrogen-bond acceptors (Lipinski definition) is 6. The number of nitrogens with zero attached hydrogens (tertiary/aromatic N) is 3. The van der Waals surface area contributed by atoms with Crippen LogP contribution < -0.4 is 10.2 Å². The predicted octanol–water partition coefficient (Wildman–Crippen LogP) is 3.92. The van der Waals surface area contributed by atoms with Crippen molar-refractivity contribution in [1.82, 2.24) is 19.5 Å². The normalized spacial score (nSPS) is 9.97. The van der Waals surface area contributed by atoms with Gasteiger partial charge in [0.15, 0.2) is 23.7 Å². The SMILES string of the molecule is Brc1cnc[nH]1.COc1c(F)cc(B(O)O)cc1F.O=Cc1c(F)cc(-c2cn(C(F)F)cn2)cc1F.P. The summed E-state index contributed by atoms with van der Waals surface area (Å²) in [6.07, 6.45) is 5.17. The van der Waals surface area contributed by atoms with Crippen LogP contribution in [0.1, 0.15) is 16.9 Å². The second kappa shape index (κ2) is 15.3. The van der Waals surface area contributed by atoms with Gasteiger partial charge in [0.1, 0.15) is 16.2 Å². The molecule has 0 amide bonds. The van der Waals surface area contributed by atoms with Gasteiger partial charge in [0.05, 0.1) is 37.2 Å². The van der Waals surface area contributed by atoms with E-state index < -0.39 is 48.2 Å². The molecule has 0 spiro atoms. The maximum Gasteiger partial charge on any atom is 0.488 e. The molecule has 4 aromatic rings. The number of H-pyrrole nitrogens is 1. The minimum atomic E-state index is -2.78. The number of imidazole rings is 2. The van der Waals surface area contributed by atoms with Crippen molar-refractivity contribution in [3.8, 4) is 17.0 Å². The Balaban J connectivity index is 0.000000315. The van der Waals surface area contributed by atoms with E-state index in [1.807, 2.05) is 0 Å². The van der Waals surface area contributed by atoms with Crippen LogP contribution in [0.3, 0.4) is 0 Å². The van der Waals surface area contributed by atoms with Gasteiger partial charge in [-0.05, 0) is 45.7 Å². The molecule has 204 valence electrons. The maximum absolute atomic E-state index is 13.3. The fourth-order valence-corrected chi connectivity index (χ4v) is 2.82. The van der Waals surface area contributed by atoms with Crippen LogP contribution in [0.2, 0.25) is 0 Å². The monoisotopic (exact) mass is 626 g/mol. The zero-order valence-corrected chi connectivity index (χ0v) is 22.3. The second-order valence-corrected chi connectivity index (χ2v) is 7.60. The van der Waals surface area contributed by atoms with Gasteiger partial charge in [0.25, 0.3) is 0 Å². The third-order valence-corrected chi connectivity index (χ3v) is 4.74. The van der Waals surface area contributed by atoms with E-state index in [4.69, 9.17) is 10.0 Å². The van der Waals surface area contributed by atoms with Gasteiger partial charge in [0, 0.05) is 11.8 Å². The number of rotatable bonds is 5. The number of methoxy groups -OCH3 is 1. The summed E-state index contributed by atoms with van der Waals surface area (Å²) in [5.74, 6) is -4.60. The first-order chi connectivity index (χ1) is 17.5. The van der Waals surface area contributed by atoms with Gasteiger partial charge in [-0.1, -0.05) is 0 Å². The molecule has 0 saturated carbocycles. The summed E-state index contributed by atoms with van der Waals surface area (Å²) < 4.78 is 82.8. The van der Waals surface area contributed by atoms with Crippen LogP contribution in [0.25, 0.3) is 11.3 Å². The summed E-state index contributed by atoms with van der Waals surface area (Å²) in [6, 6.07) is 3.33. The van der Waals surface area contributed by atoms with Gasteiger partial charge in [0.2, 0.25) is 0 Å². The lowest BCUT2D eigenvalue weighted by Gasteiger charge is -2.05. The summed E-state index contributed by atoms with van der Waals surface area (Å²) in [6.45, 7) is -2.78. The Kier molecular flexibility index (Phi) is 13.2. The standard InChI is InChI=1S/C11H6F4N2O.C7H7BF2O3.C3H3BrN2.H3P/c12-8-1-6(2-9(13)7(8)4-18)10-3-17(5-16-10)11(14)15;1-13-7-5(9)2-4(8(11)12)3-6(7)10;4-3-1-5-2-6-3;/h1-5,11H;2-3,11-12H,1H3;1-2H,(H,5,6);1H3. The van der Waals surface area contributed by atoms with Crippen LogP contribution in [0.5, 0.6) is 5.75 Å². The van der Waals surface area contributed by atoms with E-state index in [1.165, 1.54) is 0 Å². The van der Waals surface area contributed by atoms with Crippen molar-refractivity contribution in [3.63, 3.8) is 0 Å². The van der Waals surface area contributed by atoms with Gasteiger partial charge in [-0.25, -0.2) is 27.5 Å². The summed E-state index contributed by atoms with van der Waals surface area (Å²) in [5, 5.41) is 17.2. The molecule has 1 unspecified atom stereocenters. The minimum absolute atomic E-state index is 0. The van der Waals surface area contributed by atoms with Crippen LogP contribution in [0, 0.1) is 23.3 Å². The highest BCUT2D eigenvalue weighted by Crippen LogP contribution is 2.24. The van der Waals surface area contributed by atoms with Crippen LogP contribution in [0.4, 0.5) is 26.3 Å². The lowest BCUT2D eigenvalue weighted by molar-refractivity contribution is 0.0702. The molecule has 17 heteroatoms.